The molecule has 1 aromatic rings. The molecule has 26 heavy (non-hydrogen) atoms. The molecule has 0 aliphatic heterocycles. The Morgan fingerprint density at radius 2 is 2.08 bits per heavy atom. The zero-order chi connectivity index (χ0) is 18.7. The second-order valence-electron chi connectivity index (χ2n) is 9.74. The minimum Gasteiger partial charge on any atom is -0.396 e. The first-order valence-electron chi connectivity index (χ1n) is 10.4. The molecule has 0 radical (unpaired) electrons. The minimum absolute atomic E-state index is 0.0890. The highest BCUT2D eigenvalue weighted by Gasteiger charge is 2.56. The number of aryl methyl sites for hydroxylation is 1. The second kappa shape index (κ2) is 6.20. The van der Waals surface area contributed by atoms with Crippen LogP contribution in [0.5, 0.6) is 0 Å². The van der Waals surface area contributed by atoms with E-state index in [9.17, 15) is 5.11 Å². The smallest absolute Gasteiger partial charge is 0.0626 e. The number of nitrogens with zero attached hydrogens (tertiary/aromatic N) is 1. The van der Waals surface area contributed by atoms with Gasteiger partial charge in [0.25, 0.3) is 0 Å². The summed E-state index contributed by atoms with van der Waals surface area (Å²) < 4.78 is 0. The first kappa shape index (κ1) is 18.2. The number of hydrogen-bond donors (Lipinski definition) is 3. The molecule has 0 spiro atoms. The number of hydrogen-bond acceptors (Lipinski definition) is 3. The second-order valence-corrected chi connectivity index (χ2v) is 9.74. The number of aromatic amines is 1. The fourth-order valence-electron chi connectivity index (χ4n) is 6.96. The van der Waals surface area contributed by atoms with Gasteiger partial charge in [0.2, 0.25) is 0 Å². The first-order chi connectivity index (χ1) is 12.3. The van der Waals surface area contributed by atoms with E-state index in [1.807, 2.05) is 0 Å². The maximum atomic E-state index is 10.2. The lowest BCUT2D eigenvalue weighted by atomic mass is 9.49. The van der Waals surface area contributed by atoms with Gasteiger partial charge >= 0.3 is 0 Å². The van der Waals surface area contributed by atoms with Crippen molar-refractivity contribution >= 4 is 0 Å². The molecule has 4 rings (SSSR count). The van der Waals surface area contributed by atoms with E-state index in [1.165, 1.54) is 36.1 Å². The molecule has 0 unspecified atom stereocenters. The monoisotopic (exact) mass is 357 g/mol. The van der Waals surface area contributed by atoms with Crippen LogP contribution in [0.1, 0.15) is 56.5 Å². The number of aliphatic hydroxyl groups excluding tert-OH is 1. The van der Waals surface area contributed by atoms with Crippen molar-refractivity contribution in [3.63, 3.8) is 0 Å². The van der Waals surface area contributed by atoms with Gasteiger partial charge in [0.1, 0.15) is 0 Å². The highest BCUT2D eigenvalue weighted by atomic mass is 16.3. The fraction of sp³-hybridized carbons (Fsp3) is 0.773. The van der Waals surface area contributed by atoms with Gasteiger partial charge in [-0.3, -0.25) is 5.10 Å². The van der Waals surface area contributed by atoms with Gasteiger partial charge in [-0.25, -0.2) is 0 Å². The molecule has 1 heterocycles. The summed E-state index contributed by atoms with van der Waals surface area (Å²) in [5.74, 6) is 2.03. The Morgan fingerprint density at radius 1 is 1.31 bits per heavy atom. The molecule has 0 aromatic carbocycles. The van der Waals surface area contributed by atoms with E-state index in [4.69, 9.17) is 5.73 Å². The van der Waals surface area contributed by atoms with Crippen molar-refractivity contribution in [3.8, 4) is 0 Å². The lowest BCUT2D eigenvalue weighted by Gasteiger charge is -2.55. The first-order valence-corrected chi connectivity index (χ1v) is 10.4. The van der Waals surface area contributed by atoms with Crippen molar-refractivity contribution in [2.24, 2.45) is 40.2 Å². The minimum atomic E-state index is 0.0890. The van der Waals surface area contributed by atoms with Gasteiger partial charge in [-0.2, -0.15) is 5.10 Å². The number of nitrogens with one attached hydrogen (secondary N) is 1. The van der Waals surface area contributed by atoms with Gasteiger partial charge in [-0.15, -0.1) is 0 Å². The van der Waals surface area contributed by atoms with Crippen LogP contribution < -0.4 is 5.73 Å². The lowest BCUT2D eigenvalue weighted by molar-refractivity contribution is -0.0536. The van der Waals surface area contributed by atoms with Crippen LogP contribution in [0.3, 0.4) is 0 Å². The number of H-pyrrole nitrogens is 1. The summed E-state index contributed by atoms with van der Waals surface area (Å²) >= 11 is 0. The van der Waals surface area contributed by atoms with Crippen molar-refractivity contribution < 1.29 is 5.11 Å². The lowest BCUT2D eigenvalue weighted by Crippen LogP contribution is -2.53. The van der Waals surface area contributed by atoms with Crippen molar-refractivity contribution in [2.75, 3.05) is 13.2 Å². The van der Waals surface area contributed by atoms with Gasteiger partial charge in [0.05, 0.1) is 5.69 Å². The summed E-state index contributed by atoms with van der Waals surface area (Å²) in [4.78, 5) is 0. The van der Waals surface area contributed by atoms with Crippen molar-refractivity contribution in [1.29, 1.82) is 0 Å². The molecule has 0 bridgehead atoms. The summed E-state index contributed by atoms with van der Waals surface area (Å²) in [5, 5.41) is 17.9. The Hall–Kier alpha value is -1.13. The summed E-state index contributed by atoms with van der Waals surface area (Å²) in [6.07, 6.45) is 6.75. The number of aromatic nitrogens is 2. The summed E-state index contributed by atoms with van der Waals surface area (Å²) in [6, 6.07) is 0. The molecule has 144 valence electrons. The SMILES string of the molecule is C=C1CC[C@H]2[C@H](CN)[C@@H]([C@@]3(C)Cc4c(C)n[nH]c4C[C@@H]3CO)CC[C@]12C. The highest BCUT2D eigenvalue weighted by molar-refractivity contribution is 5.31. The zero-order valence-electron chi connectivity index (χ0n) is 16.6. The third-order valence-electron chi connectivity index (χ3n) is 8.83. The Kier molecular flexibility index (Phi) is 4.35. The van der Waals surface area contributed by atoms with Gasteiger partial charge in [-0.1, -0.05) is 26.0 Å². The van der Waals surface area contributed by atoms with Crippen LogP contribution >= 0.6 is 0 Å². The van der Waals surface area contributed by atoms with E-state index in [0.717, 1.165) is 31.5 Å². The summed E-state index contributed by atoms with van der Waals surface area (Å²) in [6.45, 7) is 12.4. The van der Waals surface area contributed by atoms with Crippen LogP contribution in [-0.4, -0.2) is 28.5 Å². The van der Waals surface area contributed by atoms with Crippen molar-refractivity contribution in [2.45, 2.75) is 59.3 Å². The third kappa shape index (κ3) is 2.37. The van der Waals surface area contributed by atoms with Crippen LogP contribution in [0.25, 0.3) is 0 Å². The van der Waals surface area contributed by atoms with Crippen LogP contribution in [0, 0.1) is 41.4 Å². The Morgan fingerprint density at radius 3 is 2.77 bits per heavy atom. The predicted molar refractivity (Wildman–Crippen MR) is 105 cm³/mol. The Balaban J connectivity index is 1.71. The normalized spacial score (nSPS) is 42.6. The summed E-state index contributed by atoms with van der Waals surface area (Å²) in [5.41, 5.74) is 12.0. The van der Waals surface area contributed by atoms with Crippen LogP contribution in [-0.2, 0) is 12.8 Å². The third-order valence-corrected chi connectivity index (χ3v) is 8.83. The topological polar surface area (TPSA) is 74.9 Å². The average Bonchev–Trinajstić information content (AvgIpc) is 3.13. The summed E-state index contributed by atoms with van der Waals surface area (Å²) in [7, 11) is 0. The molecule has 4 nitrogen and oxygen atoms in total. The van der Waals surface area contributed by atoms with Crippen LogP contribution in [0.2, 0.25) is 0 Å². The molecule has 1 aromatic heterocycles. The number of aliphatic hydroxyl groups is 1. The Labute approximate surface area is 157 Å². The van der Waals surface area contributed by atoms with Gasteiger partial charge in [0.15, 0.2) is 0 Å². The largest absolute Gasteiger partial charge is 0.396 e. The quantitative estimate of drug-likeness (QED) is 0.726. The van der Waals surface area contributed by atoms with Gasteiger partial charge in [-0.05, 0) is 92.1 Å². The standard InChI is InChI=1S/C22H35N3O/c1-13-5-6-18-17(11-23)19(7-8-21(13,18)3)22(4)10-16-14(2)24-25-20(16)9-15(22)12-26/h15,17-19,26H,1,5-12,23H2,2-4H3,(H,24,25)/t15-,17+,18+,19+,21-,22+/m1/s1. The van der Waals surface area contributed by atoms with Crippen LogP contribution in [0.4, 0.5) is 0 Å². The molecule has 4 N–H and O–H groups in total. The molecule has 0 saturated heterocycles. The number of nitrogens with two attached hydrogens (primary N) is 1. The number of allylic oxidation sites excluding steroid dienone is 1. The van der Waals surface area contributed by atoms with E-state index < -0.39 is 0 Å². The molecule has 3 aliphatic rings. The van der Waals surface area contributed by atoms with E-state index in [1.54, 1.807) is 0 Å². The number of fused-ring (bicyclic) bond motifs is 2. The molecular weight excluding hydrogens is 322 g/mol. The molecule has 0 amide bonds. The number of rotatable bonds is 3. The molecule has 4 heteroatoms. The Bertz CT molecular complexity index is 710. The molecule has 6 atom stereocenters. The van der Waals surface area contributed by atoms with E-state index >= 15 is 0 Å². The van der Waals surface area contributed by atoms with Gasteiger partial charge in [0, 0.05) is 12.3 Å². The zero-order valence-corrected chi connectivity index (χ0v) is 16.6. The fourth-order valence-corrected chi connectivity index (χ4v) is 6.96. The van der Waals surface area contributed by atoms with E-state index in [-0.39, 0.29) is 23.4 Å². The maximum absolute atomic E-state index is 10.2. The van der Waals surface area contributed by atoms with Crippen LogP contribution in [0.15, 0.2) is 12.2 Å². The molecule has 2 saturated carbocycles. The molecule has 3 aliphatic carbocycles. The van der Waals surface area contributed by atoms with Crippen molar-refractivity contribution in [1.82, 2.24) is 10.2 Å². The van der Waals surface area contributed by atoms with E-state index in [0.29, 0.717) is 17.8 Å². The van der Waals surface area contributed by atoms with Crippen molar-refractivity contribution in [3.05, 3.63) is 29.1 Å². The average molecular weight is 358 g/mol. The maximum Gasteiger partial charge on any atom is 0.0626 e. The highest BCUT2D eigenvalue weighted by Crippen LogP contribution is 2.62. The van der Waals surface area contributed by atoms with Gasteiger partial charge < -0.3 is 10.8 Å². The predicted octanol–water partition coefficient (Wildman–Crippen LogP) is 3.39. The molecular formula is C22H35N3O. The van der Waals surface area contributed by atoms with E-state index in [2.05, 4.69) is 37.5 Å². The molecule has 2 fully saturated rings.